The fourth-order valence-corrected chi connectivity index (χ4v) is 3.93. The molecule has 0 aliphatic carbocycles. The summed E-state index contributed by atoms with van der Waals surface area (Å²) < 4.78 is 18.1. The van der Waals surface area contributed by atoms with Crippen LogP contribution in [0.1, 0.15) is 5.69 Å². The van der Waals surface area contributed by atoms with Crippen molar-refractivity contribution in [2.75, 3.05) is 26.2 Å². The Kier molecular flexibility index (Phi) is 6.36. The number of nitrogens with zero attached hydrogens (tertiary/aromatic N) is 6. The molecule has 9 nitrogen and oxygen atoms in total. The van der Waals surface area contributed by atoms with Crippen molar-refractivity contribution in [3.63, 3.8) is 0 Å². The second kappa shape index (κ2) is 9.91. The Labute approximate surface area is 208 Å². The minimum absolute atomic E-state index is 0.502. The number of aryl methyl sites for hydroxylation is 1. The van der Waals surface area contributed by atoms with Gasteiger partial charge in [0.1, 0.15) is 17.2 Å². The summed E-state index contributed by atoms with van der Waals surface area (Å²) in [5, 5.41) is 4.25. The van der Waals surface area contributed by atoms with E-state index in [1.54, 1.807) is 44.6 Å². The van der Waals surface area contributed by atoms with Gasteiger partial charge >= 0.3 is 0 Å². The summed E-state index contributed by atoms with van der Waals surface area (Å²) in [7, 11) is 6.78. The third kappa shape index (κ3) is 4.76. The van der Waals surface area contributed by atoms with E-state index in [0.29, 0.717) is 23.8 Å². The Bertz CT molecular complexity index is 1480. The fourth-order valence-electron chi connectivity index (χ4n) is 3.93. The van der Waals surface area contributed by atoms with E-state index in [0.717, 1.165) is 39.4 Å². The molecule has 0 bridgehead atoms. The van der Waals surface area contributed by atoms with Gasteiger partial charge in [0.2, 0.25) is 0 Å². The number of ether oxygens (including phenoxy) is 3. The van der Waals surface area contributed by atoms with Crippen LogP contribution in [0.25, 0.3) is 22.3 Å². The second-order valence-corrected chi connectivity index (χ2v) is 8.18. The standard InChI is InChI=1S/C27H26N6O3/c1-32-16-18(13-30-32)27-15-29-25-8-6-20(11-26(25)31-27)33(17-19-5-7-22(34-2)14-28-19)21-9-23(35-3)12-24(10-21)36-4/h5-16H,17H2,1-4H3. The molecule has 3 heterocycles. The van der Waals surface area contributed by atoms with E-state index in [1.165, 1.54) is 0 Å². The molecule has 182 valence electrons. The van der Waals surface area contributed by atoms with Crippen molar-refractivity contribution in [2.45, 2.75) is 6.54 Å². The minimum Gasteiger partial charge on any atom is -0.497 e. The van der Waals surface area contributed by atoms with Crippen LogP contribution in [0.5, 0.6) is 17.2 Å². The quantitative estimate of drug-likeness (QED) is 0.312. The van der Waals surface area contributed by atoms with Crippen LogP contribution in [0.2, 0.25) is 0 Å². The first-order chi connectivity index (χ1) is 17.6. The van der Waals surface area contributed by atoms with Crippen molar-refractivity contribution < 1.29 is 14.2 Å². The van der Waals surface area contributed by atoms with Crippen LogP contribution < -0.4 is 19.1 Å². The van der Waals surface area contributed by atoms with E-state index in [2.05, 4.69) is 20.0 Å². The molecule has 0 atom stereocenters. The summed E-state index contributed by atoms with van der Waals surface area (Å²) >= 11 is 0. The van der Waals surface area contributed by atoms with E-state index < -0.39 is 0 Å². The highest BCUT2D eigenvalue weighted by atomic mass is 16.5. The van der Waals surface area contributed by atoms with Crippen LogP contribution in [0.4, 0.5) is 11.4 Å². The Hall–Kier alpha value is -4.66. The smallest absolute Gasteiger partial charge is 0.137 e. The maximum absolute atomic E-state index is 5.53. The van der Waals surface area contributed by atoms with E-state index in [1.807, 2.05) is 61.8 Å². The molecule has 0 aliphatic heterocycles. The summed E-state index contributed by atoms with van der Waals surface area (Å²) in [6.45, 7) is 0.502. The number of hydrogen-bond acceptors (Lipinski definition) is 8. The van der Waals surface area contributed by atoms with Crippen molar-refractivity contribution >= 4 is 22.4 Å². The highest BCUT2D eigenvalue weighted by molar-refractivity contribution is 5.82. The Morgan fingerprint density at radius 1 is 0.750 bits per heavy atom. The lowest BCUT2D eigenvalue weighted by atomic mass is 10.1. The zero-order valence-corrected chi connectivity index (χ0v) is 20.5. The minimum atomic E-state index is 0.502. The van der Waals surface area contributed by atoms with Crippen LogP contribution in [-0.4, -0.2) is 46.1 Å². The molecular formula is C27H26N6O3. The third-order valence-electron chi connectivity index (χ3n) is 5.84. The van der Waals surface area contributed by atoms with Crippen molar-refractivity contribution in [2.24, 2.45) is 7.05 Å². The number of hydrogen-bond donors (Lipinski definition) is 0. The third-order valence-corrected chi connectivity index (χ3v) is 5.84. The maximum Gasteiger partial charge on any atom is 0.137 e. The molecule has 5 rings (SSSR count). The van der Waals surface area contributed by atoms with Crippen LogP contribution in [-0.2, 0) is 13.6 Å². The summed E-state index contributed by atoms with van der Waals surface area (Å²) in [4.78, 5) is 16.2. The van der Waals surface area contributed by atoms with Gasteiger partial charge in [0, 0.05) is 48.4 Å². The predicted octanol–water partition coefficient (Wildman–Crippen LogP) is 4.79. The lowest BCUT2D eigenvalue weighted by Crippen LogP contribution is -2.17. The molecule has 3 aromatic heterocycles. The van der Waals surface area contributed by atoms with Crippen LogP contribution in [0, 0.1) is 0 Å². The van der Waals surface area contributed by atoms with Crippen LogP contribution in [0.15, 0.2) is 73.3 Å². The Balaban J connectivity index is 1.60. The first kappa shape index (κ1) is 23.1. The van der Waals surface area contributed by atoms with Gasteiger partial charge in [0.05, 0.1) is 68.9 Å². The van der Waals surface area contributed by atoms with Gasteiger partial charge in [0.25, 0.3) is 0 Å². The van der Waals surface area contributed by atoms with Gasteiger partial charge in [-0.1, -0.05) is 0 Å². The number of benzene rings is 2. The molecule has 0 aliphatic rings. The highest BCUT2D eigenvalue weighted by Crippen LogP contribution is 2.35. The maximum atomic E-state index is 5.53. The number of methoxy groups -OCH3 is 3. The number of pyridine rings is 1. The summed E-state index contributed by atoms with van der Waals surface area (Å²) in [5.74, 6) is 2.09. The monoisotopic (exact) mass is 482 g/mol. The molecule has 9 heteroatoms. The lowest BCUT2D eigenvalue weighted by molar-refractivity contribution is 0.394. The summed E-state index contributed by atoms with van der Waals surface area (Å²) in [6, 6.07) is 15.6. The molecule has 0 unspecified atom stereocenters. The SMILES string of the molecule is COc1ccc(CN(c2cc(OC)cc(OC)c2)c2ccc3ncc(-c4cnn(C)c4)nc3c2)nc1. The normalized spacial score (nSPS) is 10.9. The van der Waals surface area contributed by atoms with E-state index in [9.17, 15) is 0 Å². The van der Waals surface area contributed by atoms with Gasteiger partial charge in [-0.15, -0.1) is 0 Å². The van der Waals surface area contributed by atoms with Gasteiger partial charge in [0.15, 0.2) is 0 Å². The first-order valence-corrected chi connectivity index (χ1v) is 11.3. The number of fused-ring (bicyclic) bond motifs is 1. The Morgan fingerprint density at radius 2 is 1.53 bits per heavy atom. The van der Waals surface area contributed by atoms with Gasteiger partial charge < -0.3 is 19.1 Å². The molecule has 2 aromatic carbocycles. The molecule has 5 aromatic rings. The van der Waals surface area contributed by atoms with Crippen LogP contribution >= 0.6 is 0 Å². The molecule has 0 fully saturated rings. The highest BCUT2D eigenvalue weighted by Gasteiger charge is 2.16. The summed E-state index contributed by atoms with van der Waals surface area (Å²) in [5.41, 5.74) is 5.93. The summed E-state index contributed by atoms with van der Waals surface area (Å²) in [6.07, 6.45) is 7.18. The van der Waals surface area contributed by atoms with Crippen molar-refractivity contribution in [3.05, 3.63) is 79.0 Å². The van der Waals surface area contributed by atoms with Gasteiger partial charge in [-0.05, 0) is 30.3 Å². The molecular weight excluding hydrogens is 456 g/mol. The van der Waals surface area contributed by atoms with Crippen molar-refractivity contribution in [1.82, 2.24) is 24.7 Å². The van der Waals surface area contributed by atoms with E-state index in [-0.39, 0.29) is 0 Å². The second-order valence-electron chi connectivity index (χ2n) is 8.18. The number of aromatic nitrogens is 5. The van der Waals surface area contributed by atoms with E-state index in [4.69, 9.17) is 19.2 Å². The lowest BCUT2D eigenvalue weighted by Gasteiger charge is -2.26. The molecule has 0 N–H and O–H groups in total. The first-order valence-electron chi connectivity index (χ1n) is 11.3. The molecule has 0 spiro atoms. The number of rotatable bonds is 8. The van der Waals surface area contributed by atoms with Gasteiger partial charge in [-0.2, -0.15) is 5.10 Å². The number of anilines is 2. The average Bonchev–Trinajstić information content (AvgIpc) is 3.37. The van der Waals surface area contributed by atoms with E-state index >= 15 is 0 Å². The molecule has 0 saturated heterocycles. The van der Waals surface area contributed by atoms with Crippen LogP contribution in [0.3, 0.4) is 0 Å². The molecule has 0 saturated carbocycles. The predicted molar refractivity (Wildman–Crippen MR) is 138 cm³/mol. The zero-order chi connectivity index (χ0) is 25.1. The fraction of sp³-hybridized carbons (Fsp3) is 0.185. The van der Waals surface area contributed by atoms with Gasteiger partial charge in [-0.25, -0.2) is 4.98 Å². The largest absolute Gasteiger partial charge is 0.497 e. The Morgan fingerprint density at radius 3 is 2.17 bits per heavy atom. The van der Waals surface area contributed by atoms with Crippen molar-refractivity contribution in [3.8, 4) is 28.5 Å². The van der Waals surface area contributed by atoms with Crippen molar-refractivity contribution in [1.29, 1.82) is 0 Å². The molecule has 36 heavy (non-hydrogen) atoms. The molecule has 0 radical (unpaired) electrons. The average molecular weight is 483 g/mol. The zero-order valence-electron chi connectivity index (χ0n) is 20.5. The molecule has 0 amide bonds. The topological polar surface area (TPSA) is 87.4 Å². The van der Waals surface area contributed by atoms with Gasteiger partial charge in [-0.3, -0.25) is 14.6 Å².